The first-order chi connectivity index (χ1) is 8.94. The van der Waals surface area contributed by atoms with Gasteiger partial charge in [0.25, 0.3) is 0 Å². The molecule has 3 rings (SSSR count). The molecule has 0 aromatic heterocycles. The highest BCUT2D eigenvalue weighted by Gasteiger charge is 2.50. The Morgan fingerprint density at radius 2 is 2.00 bits per heavy atom. The van der Waals surface area contributed by atoms with Crippen LogP contribution in [0.5, 0.6) is 5.75 Å². The van der Waals surface area contributed by atoms with Crippen molar-refractivity contribution in [1.82, 2.24) is 0 Å². The van der Waals surface area contributed by atoms with Crippen LogP contribution in [0.15, 0.2) is 22.7 Å². The lowest BCUT2D eigenvalue weighted by atomic mass is 9.85. The summed E-state index contributed by atoms with van der Waals surface area (Å²) in [6.07, 6.45) is 5.12. The average Bonchev–Trinajstić information content (AvgIpc) is 2.81. The summed E-state index contributed by atoms with van der Waals surface area (Å²) in [4.78, 5) is 0. The molecule has 0 amide bonds. The van der Waals surface area contributed by atoms with Crippen LogP contribution in [-0.2, 0) is 0 Å². The third-order valence-electron chi connectivity index (χ3n) is 4.20. The van der Waals surface area contributed by atoms with Gasteiger partial charge in [-0.25, -0.2) is 4.39 Å². The maximum absolute atomic E-state index is 14.1. The molecule has 5 heteroatoms. The molecule has 0 spiro atoms. The molecule has 102 valence electrons. The standard InChI is InChI=1S/C14H12Br2F2O/c15-9-6-14(16)5-1-2-8(14)11(9)7-3-4-10(19)13(18)12(7)17/h3-4,6,8,11,19H,1-2,5H2. The van der Waals surface area contributed by atoms with Gasteiger partial charge in [0.05, 0.1) is 0 Å². The Bertz CT molecular complexity index is 573. The van der Waals surface area contributed by atoms with E-state index in [1.54, 1.807) is 0 Å². The molecule has 3 unspecified atom stereocenters. The molecule has 1 aromatic carbocycles. The number of hydrogen-bond donors (Lipinski definition) is 1. The zero-order chi connectivity index (χ0) is 13.8. The number of alkyl halides is 1. The summed E-state index contributed by atoms with van der Waals surface area (Å²) < 4.78 is 28.4. The molecule has 1 aromatic rings. The van der Waals surface area contributed by atoms with Crippen LogP contribution in [0.3, 0.4) is 0 Å². The highest BCUT2D eigenvalue weighted by atomic mass is 79.9. The highest BCUT2D eigenvalue weighted by molar-refractivity contribution is 9.12. The smallest absolute Gasteiger partial charge is 0.200 e. The Morgan fingerprint density at radius 3 is 2.74 bits per heavy atom. The van der Waals surface area contributed by atoms with Crippen molar-refractivity contribution in [2.24, 2.45) is 5.92 Å². The summed E-state index contributed by atoms with van der Waals surface area (Å²) in [6.45, 7) is 0. The Balaban J connectivity index is 2.09. The van der Waals surface area contributed by atoms with E-state index in [2.05, 4.69) is 37.9 Å². The number of fused-ring (bicyclic) bond motifs is 1. The normalized spacial score (nSPS) is 33.4. The van der Waals surface area contributed by atoms with Gasteiger partial charge in [0, 0.05) is 14.7 Å². The predicted octanol–water partition coefficient (Wildman–Crippen LogP) is 4.98. The first kappa shape index (κ1) is 13.6. The van der Waals surface area contributed by atoms with Crippen LogP contribution in [0.1, 0.15) is 30.7 Å². The fourth-order valence-corrected chi connectivity index (χ4v) is 5.61. The number of hydrogen-bond acceptors (Lipinski definition) is 1. The van der Waals surface area contributed by atoms with Gasteiger partial charge in [0.1, 0.15) is 0 Å². The van der Waals surface area contributed by atoms with Crippen molar-refractivity contribution in [2.75, 3.05) is 0 Å². The van der Waals surface area contributed by atoms with Gasteiger partial charge < -0.3 is 5.11 Å². The van der Waals surface area contributed by atoms with Crippen molar-refractivity contribution in [3.63, 3.8) is 0 Å². The SMILES string of the molecule is Oc1ccc(C2C(Br)=CC3(Br)CCCC23)c(F)c1F. The first-order valence-corrected chi connectivity index (χ1v) is 7.76. The molecule has 0 saturated heterocycles. The molecular weight excluding hydrogens is 382 g/mol. The summed E-state index contributed by atoms with van der Waals surface area (Å²) in [6, 6.07) is 2.70. The molecule has 2 aliphatic rings. The number of benzene rings is 1. The fraction of sp³-hybridized carbons (Fsp3) is 0.429. The monoisotopic (exact) mass is 392 g/mol. The maximum atomic E-state index is 14.1. The molecule has 2 aliphatic carbocycles. The Hall–Kier alpha value is -0.420. The summed E-state index contributed by atoms with van der Waals surface area (Å²) in [5.74, 6) is -2.71. The van der Waals surface area contributed by atoms with Crippen molar-refractivity contribution in [2.45, 2.75) is 29.5 Å². The second-order valence-corrected chi connectivity index (χ2v) is 7.63. The van der Waals surface area contributed by atoms with E-state index in [9.17, 15) is 13.9 Å². The van der Waals surface area contributed by atoms with E-state index >= 15 is 0 Å². The number of aromatic hydroxyl groups is 1. The lowest BCUT2D eigenvalue weighted by molar-refractivity contribution is 0.395. The minimum Gasteiger partial charge on any atom is -0.505 e. The highest BCUT2D eigenvalue weighted by Crippen LogP contribution is 2.59. The zero-order valence-electron chi connectivity index (χ0n) is 9.97. The molecule has 0 bridgehead atoms. The molecular formula is C14H12Br2F2O. The van der Waals surface area contributed by atoms with Crippen LogP contribution in [0.4, 0.5) is 8.78 Å². The van der Waals surface area contributed by atoms with Gasteiger partial charge in [-0.2, -0.15) is 4.39 Å². The van der Waals surface area contributed by atoms with Crippen molar-refractivity contribution in [3.8, 4) is 5.75 Å². The van der Waals surface area contributed by atoms with Gasteiger partial charge in [0.2, 0.25) is 5.82 Å². The Morgan fingerprint density at radius 1 is 1.26 bits per heavy atom. The van der Waals surface area contributed by atoms with Crippen molar-refractivity contribution in [1.29, 1.82) is 0 Å². The number of phenolic OH excluding ortho intramolecular Hbond substituents is 1. The lowest BCUT2D eigenvalue weighted by Crippen LogP contribution is -2.23. The predicted molar refractivity (Wildman–Crippen MR) is 76.8 cm³/mol. The van der Waals surface area contributed by atoms with Crippen LogP contribution < -0.4 is 0 Å². The van der Waals surface area contributed by atoms with Gasteiger partial charge in [-0.15, -0.1) is 0 Å². The van der Waals surface area contributed by atoms with E-state index in [0.717, 1.165) is 23.7 Å². The van der Waals surface area contributed by atoms with Crippen LogP contribution in [0.25, 0.3) is 0 Å². The second-order valence-electron chi connectivity index (χ2n) is 5.23. The number of halogens is 4. The minimum absolute atomic E-state index is 0.114. The first-order valence-electron chi connectivity index (χ1n) is 6.18. The average molecular weight is 394 g/mol. The summed E-state index contributed by atoms with van der Waals surface area (Å²) in [5, 5.41) is 9.22. The van der Waals surface area contributed by atoms with Crippen molar-refractivity contribution < 1.29 is 13.9 Å². The second kappa shape index (κ2) is 4.55. The number of rotatable bonds is 1. The third-order valence-corrected chi connectivity index (χ3v) is 6.13. The Kier molecular flexibility index (Phi) is 3.25. The van der Waals surface area contributed by atoms with Crippen molar-refractivity contribution >= 4 is 31.9 Å². The third kappa shape index (κ3) is 1.97. The summed E-state index contributed by atoms with van der Waals surface area (Å²) in [7, 11) is 0. The molecule has 1 nitrogen and oxygen atoms in total. The topological polar surface area (TPSA) is 20.2 Å². The van der Waals surface area contributed by atoms with E-state index in [-0.39, 0.29) is 16.2 Å². The van der Waals surface area contributed by atoms with Crippen LogP contribution in [0.2, 0.25) is 0 Å². The maximum Gasteiger partial charge on any atom is 0.200 e. The largest absolute Gasteiger partial charge is 0.505 e. The zero-order valence-corrected chi connectivity index (χ0v) is 13.1. The quantitative estimate of drug-likeness (QED) is 0.667. The molecule has 1 saturated carbocycles. The molecule has 19 heavy (non-hydrogen) atoms. The Labute approximate surface area is 127 Å². The van der Waals surface area contributed by atoms with Gasteiger partial charge in [-0.3, -0.25) is 0 Å². The summed E-state index contributed by atoms with van der Waals surface area (Å²) in [5.41, 5.74) is 0.312. The number of allylic oxidation sites excluding steroid dienone is 2. The van der Waals surface area contributed by atoms with Gasteiger partial charge in [0.15, 0.2) is 11.6 Å². The molecule has 1 fully saturated rings. The van der Waals surface area contributed by atoms with Gasteiger partial charge >= 0.3 is 0 Å². The molecule has 0 aliphatic heterocycles. The minimum atomic E-state index is -1.16. The van der Waals surface area contributed by atoms with Crippen LogP contribution in [-0.4, -0.2) is 9.43 Å². The fourth-order valence-electron chi connectivity index (χ4n) is 3.31. The van der Waals surface area contributed by atoms with Crippen LogP contribution >= 0.6 is 31.9 Å². The molecule has 0 heterocycles. The number of phenols is 1. The van der Waals surface area contributed by atoms with E-state index in [4.69, 9.17) is 0 Å². The molecule has 1 N–H and O–H groups in total. The lowest BCUT2D eigenvalue weighted by Gasteiger charge is -2.26. The van der Waals surface area contributed by atoms with E-state index in [1.807, 2.05) is 0 Å². The van der Waals surface area contributed by atoms with Gasteiger partial charge in [-0.1, -0.05) is 50.4 Å². The van der Waals surface area contributed by atoms with Crippen LogP contribution in [0, 0.1) is 17.6 Å². The summed E-state index contributed by atoms with van der Waals surface area (Å²) >= 11 is 7.23. The van der Waals surface area contributed by atoms with E-state index in [0.29, 0.717) is 5.56 Å². The molecule has 0 radical (unpaired) electrons. The van der Waals surface area contributed by atoms with E-state index < -0.39 is 17.4 Å². The van der Waals surface area contributed by atoms with E-state index in [1.165, 1.54) is 12.1 Å². The molecule has 3 atom stereocenters. The van der Waals surface area contributed by atoms with Gasteiger partial charge in [-0.05, 0) is 30.4 Å². The van der Waals surface area contributed by atoms with Crippen molar-refractivity contribution in [3.05, 3.63) is 39.9 Å².